The molecular formula is C18H14N2. The van der Waals surface area contributed by atoms with Crippen LogP contribution in [0.2, 0.25) is 0 Å². The Morgan fingerprint density at radius 1 is 0.950 bits per heavy atom. The molecule has 96 valence electrons. The van der Waals surface area contributed by atoms with Crippen molar-refractivity contribution in [2.45, 2.75) is 13.8 Å². The van der Waals surface area contributed by atoms with Gasteiger partial charge in [0.2, 0.25) is 0 Å². The monoisotopic (exact) mass is 258 g/mol. The number of nitrogens with zero attached hydrogens (tertiary/aromatic N) is 2. The molecule has 1 heterocycles. The van der Waals surface area contributed by atoms with E-state index in [0.29, 0.717) is 5.56 Å². The van der Waals surface area contributed by atoms with Crippen molar-refractivity contribution in [3.63, 3.8) is 0 Å². The minimum atomic E-state index is 0.681. The zero-order chi connectivity index (χ0) is 14.1. The second-order valence-corrected chi connectivity index (χ2v) is 5.02. The molecule has 0 aliphatic rings. The van der Waals surface area contributed by atoms with E-state index in [1.165, 1.54) is 11.1 Å². The van der Waals surface area contributed by atoms with E-state index < -0.39 is 0 Å². The number of hydrogen-bond donors (Lipinski definition) is 0. The van der Waals surface area contributed by atoms with Gasteiger partial charge in [0.15, 0.2) is 0 Å². The molecule has 0 atom stereocenters. The van der Waals surface area contributed by atoms with E-state index in [1.807, 2.05) is 31.2 Å². The van der Waals surface area contributed by atoms with Gasteiger partial charge in [0, 0.05) is 11.1 Å². The summed E-state index contributed by atoms with van der Waals surface area (Å²) < 4.78 is 0. The largest absolute Gasteiger partial charge is 0.253 e. The average molecular weight is 258 g/mol. The SMILES string of the molecule is Cc1ccc2nc(C)cc(-c3ccc(C#N)cc3)c2c1. The van der Waals surface area contributed by atoms with E-state index in [-0.39, 0.29) is 0 Å². The molecule has 0 amide bonds. The fourth-order valence-electron chi connectivity index (χ4n) is 2.44. The van der Waals surface area contributed by atoms with Crippen molar-refractivity contribution in [1.82, 2.24) is 4.98 Å². The predicted molar refractivity (Wildman–Crippen MR) is 81.4 cm³/mol. The Morgan fingerprint density at radius 3 is 2.40 bits per heavy atom. The molecule has 0 N–H and O–H groups in total. The summed E-state index contributed by atoms with van der Waals surface area (Å²) in [6, 6.07) is 18.3. The molecule has 0 bridgehead atoms. The zero-order valence-corrected chi connectivity index (χ0v) is 11.5. The molecule has 2 heteroatoms. The third-order valence-electron chi connectivity index (χ3n) is 3.42. The first-order valence-corrected chi connectivity index (χ1v) is 6.56. The van der Waals surface area contributed by atoms with Gasteiger partial charge >= 0.3 is 0 Å². The van der Waals surface area contributed by atoms with Gasteiger partial charge in [-0.05, 0) is 55.3 Å². The fourth-order valence-corrected chi connectivity index (χ4v) is 2.44. The Labute approximate surface area is 118 Å². The van der Waals surface area contributed by atoms with Gasteiger partial charge in [-0.1, -0.05) is 23.8 Å². The summed E-state index contributed by atoms with van der Waals surface area (Å²) in [7, 11) is 0. The Balaban J connectivity index is 2.28. The van der Waals surface area contributed by atoms with E-state index in [1.54, 1.807) is 0 Å². The number of pyridine rings is 1. The predicted octanol–water partition coefficient (Wildman–Crippen LogP) is 4.39. The summed E-state index contributed by atoms with van der Waals surface area (Å²) in [5.41, 5.74) is 6.19. The normalized spacial score (nSPS) is 10.4. The summed E-state index contributed by atoms with van der Waals surface area (Å²) in [6.07, 6.45) is 0. The quantitative estimate of drug-likeness (QED) is 0.649. The van der Waals surface area contributed by atoms with Crippen LogP contribution in [0.25, 0.3) is 22.0 Å². The first kappa shape index (κ1) is 12.4. The number of rotatable bonds is 1. The maximum Gasteiger partial charge on any atom is 0.0991 e. The lowest BCUT2D eigenvalue weighted by Crippen LogP contribution is -1.89. The minimum absolute atomic E-state index is 0.681. The molecule has 0 aliphatic heterocycles. The van der Waals surface area contributed by atoms with Gasteiger partial charge in [-0.25, -0.2) is 0 Å². The van der Waals surface area contributed by atoms with Crippen LogP contribution >= 0.6 is 0 Å². The van der Waals surface area contributed by atoms with Crippen LogP contribution in [0.4, 0.5) is 0 Å². The third-order valence-corrected chi connectivity index (χ3v) is 3.42. The van der Waals surface area contributed by atoms with Crippen LogP contribution in [-0.2, 0) is 0 Å². The molecule has 2 aromatic carbocycles. The van der Waals surface area contributed by atoms with Crippen molar-refractivity contribution >= 4 is 10.9 Å². The number of benzene rings is 2. The molecule has 2 nitrogen and oxygen atoms in total. The van der Waals surface area contributed by atoms with Crippen LogP contribution in [0.1, 0.15) is 16.8 Å². The number of hydrogen-bond acceptors (Lipinski definition) is 2. The molecule has 0 fully saturated rings. The fraction of sp³-hybridized carbons (Fsp3) is 0.111. The molecule has 0 unspecified atom stereocenters. The topological polar surface area (TPSA) is 36.7 Å². The van der Waals surface area contributed by atoms with Gasteiger partial charge in [-0.15, -0.1) is 0 Å². The lowest BCUT2D eigenvalue weighted by Gasteiger charge is -2.09. The van der Waals surface area contributed by atoms with Crippen molar-refractivity contribution in [2.24, 2.45) is 0 Å². The molecule has 3 rings (SSSR count). The van der Waals surface area contributed by atoms with E-state index >= 15 is 0 Å². The van der Waals surface area contributed by atoms with E-state index in [2.05, 4.69) is 42.2 Å². The van der Waals surface area contributed by atoms with E-state index in [0.717, 1.165) is 22.2 Å². The van der Waals surface area contributed by atoms with Crippen LogP contribution < -0.4 is 0 Å². The molecule has 0 aliphatic carbocycles. The van der Waals surface area contributed by atoms with Crippen LogP contribution in [0.15, 0.2) is 48.5 Å². The number of aromatic nitrogens is 1. The van der Waals surface area contributed by atoms with Gasteiger partial charge < -0.3 is 0 Å². The molecule has 3 aromatic rings. The van der Waals surface area contributed by atoms with Crippen molar-refractivity contribution < 1.29 is 0 Å². The van der Waals surface area contributed by atoms with Crippen LogP contribution in [0.5, 0.6) is 0 Å². The van der Waals surface area contributed by atoms with Gasteiger partial charge in [0.05, 0.1) is 17.1 Å². The molecule has 0 spiro atoms. The van der Waals surface area contributed by atoms with Crippen molar-refractivity contribution in [3.8, 4) is 17.2 Å². The summed E-state index contributed by atoms with van der Waals surface area (Å²) in [5, 5.41) is 10.0. The number of nitriles is 1. The van der Waals surface area contributed by atoms with Gasteiger partial charge in [-0.2, -0.15) is 5.26 Å². The Bertz CT molecular complexity index is 824. The molecule has 20 heavy (non-hydrogen) atoms. The highest BCUT2D eigenvalue weighted by Gasteiger charge is 2.07. The van der Waals surface area contributed by atoms with Crippen molar-refractivity contribution in [1.29, 1.82) is 5.26 Å². The highest BCUT2D eigenvalue weighted by molar-refractivity contribution is 5.95. The second-order valence-electron chi connectivity index (χ2n) is 5.02. The minimum Gasteiger partial charge on any atom is -0.253 e. The van der Waals surface area contributed by atoms with Gasteiger partial charge in [-0.3, -0.25) is 4.98 Å². The maximum absolute atomic E-state index is 8.89. The lowest BCUT2D eigenvalue weighted by molar-refractivity contribution is 1.25. The van der Waals surface area contributed by atoms with Crippen molar-refractivity contribution in [2.75, 3.05) is 0 Å². The number of fused-ring (bicyclic) bond motifs is 1. The van der Waals surface area contributed by atoms with Crippen molar-refractivity contribution in [3.05, 3.63) is 65.4 Å². The lowest BCUT2D eigenvalue weighted by atomic mass is 9.98. The zero-order valence-electron chi connectivity index (χ0n) is 11.5. The first-order chi connectivity index (χ1) is 9.67. The highest BCUT2D eigenvalue weighted by Crippen LogP contribution is 2.29. The maximum atomic E-state index is 8.89. The summed E-state index contributed by atoms with van der Waals surface area (Å²) >= 11 is 0. The first-order valence-electron chi connectivity index (χ1n) is 6.56. The Hall–Kier alpha value is -2.66. The van der Waals surface area contributed by atoms with Crippen LogP contribution in [0.3, 0.4) is 0 Å². The second kappa shape index (κ2) is 4.79. The third kappa shape index (κ3) is 2.15. The summed E-state index contributed by atoms with van der Waals surface area (Å²) in [6.45, 7) is 4.09. The Morgan fingerprint density at radius 2 is 1.70 bits per heavy atom. The molecule has 0 saturated heterocycles. The smallest absolute Gasteiger partial charge is 0.0991 e. The van der Waals surface area contributed by atoms with Crippen LogP contribution in [-0.4, -0.2) is 4.98 Å². The molecule has 0 radical (unpaired) electrons. The van der Waals surface area contributed by atoms with Gasteiger partial charge in [0.25, 0.3) is 0 Å². The standard InChI is InChI=1S/C18H14N2/c1-12-3-8-18-17(9-12)16(10-13(2)20-18)15-6-4-14(11-19)5-7-15/h3-10H,1-2H3. The molecular weight excluding hydrogens is 244 g/mol. The summed E-state index contributed by atoms with van der Waals surface area (Å²) in [5.74, 6) is 0. The molecule has 1 aromatic heterocycles. The van der Waals surface area contributed by atoms with E-state index in [9.17, 15) is 0 Å². The summed E-state index contributed by atoms with van der Waals surface area (Å²) in [4.78, 5) is 4.58. The van der Waals surface area contributed by atoms with E-state index in [4.69, 9.17) is 5.26 Å². The number of aryl methyl sites for hydroxylation is 2. The Kier molecular flexibility index (Phi) is 2.96. The van der Waals surface area contributed by atoms with Gasteiger partial charge in [0.1, 0.15) is 0 Å². The van der Waals surface area contributed by atoms with Crippen LogP contribution in [0, 0.1) is 25.2 Å². The molecule has 0 saturated carbocycles. The highest BCUT2D eigenvalue weighted by atomic mass is 14.7. The average Bonchev–Trinajstić information content (AvgIpc) is 2.47.